The van der Waals surface area contributed by atoms with Gasteiger partial charge in [0.25, 0.3) is 5.56 Å². The Hall–Kier alpha value is -2.56. The van der Waals surface area contributed by atoms with Gasteiger partial charge in [-0.2, -0.15) is 9.97 Å². The van der Waals surface area contributed by atoms with E-state index < -0.39 is 23.2 Å². The van der Waals surface area contributed by atoms with E-state index in [2.05, 4.69) is 37.5 Å². The Morgan fingerprint density at radius 3 is 2.59 bits per heavy atom. The Labute approximate surface area is 135 Å². The van der Waals surface area contributed by atoms with Crippen molar-refractivity contribution in [2.75, 3.05) is 0 Å². The van der Waals surface area contributed by atoms with E-state index in [4.69, 9.17) is 0 Å². The summed E-state index contributed by atoms with van der Waals surface area (Å²) in [6.45, 7) is 0. The highest BCUT2D eigenvalue weighted by molar-refractivity contribution is 14.1. The van der Waals surface area contributed by atoms with Crippen LogP contribution in [-0.4, -0.2) is 35.5 Å². The van der Waals surface area contributed by atoms with Crippen molar-refractivity contribution in [1.29, 1.82) is 0 Å². The molecule has 3 heterocycles. The quantitative estimate of drug-likeness (QED) is 0.412. The van der Waals surface area contributed by atoms with Crippen LogP contribution in [0.4, 0.5) is 0 Å². The Morgan fingerprint density at radius 1 is 1.05 bits per heavy atom. The standard InChI is InChI=1S/C13H5IN4O4/c14-4-1-2-6-5(3-4)9(19)10-15-7-8(12(21)18(6)10)16-13(22)17-11(7)20/h1-3H,(H2,16,17,20,22). The van der Waals surface area contributed by atoms with Gasteiger partial charge >= 0.3 is 6.01 Å². The summed E-state index contributed by atoms with van der Waals surface area (Å²) in [6, 6.07) is 4.31. The molecule has 0 saturated heterocycles. The van der Waals surface area contributed by atoms with Gasteiger partial charge in [-0.05, 0) is 40.8 Å². The van der Waals surface area contributed by atoms with Gasteiger partial charge in [-0.3, -0.25) is 14.2 Å². The molecule has 4 rings (SSSR count). The molecule has 1 aliphatic rings. The summed E-state index contributed by atoms with van der Waals surface area (Å²) < 4.78 is 1.97. The molecule has 22 heavy (non-hydrogen) atoms. The number of carbonyl (C=O) groups excluding carboxylic acids is 1. The minimum atomic E-state index is -0.739. The van der Waals surface area contributed by atoms with E-state index in [-0.39, 0.29) is 16.9 Å². The molecule has 1 aliphatic heterocycles. The van der Waals surface area contributed by atoms with Crippen molar-refractivity contribution >= 4 is 39.4 Å². The number of hydrogen-bond donors (Lipinski definition) is 2. The highest BCUT2D eigenvalue weighted by Gasteiger charge is 2.31. The zero-order valence-corrected chi connectivity index (χ0v) is 12.8. The first-order chi connectivity index (χ1) is 10.5. The van der Waals surface area contributed by atoms with E-state index in [1.54, 1.807) is 18.2 Å². The monoisotopic (exact) mass is 408 g/mol. The van der Waals surface area contributed by atoms with Crippen LogP contribution in [0.1, 0.15) is 16.2 Å². The molecular weight excluding hydrogens is 403 g/mol. The third-order valence-electron chi connectivity index (χ3n) is 3.34. The number of rotatable bonds is 0. The fourth-order valence-electron chi connectivity index (χ4n) is 2.42. The summed E-state index contributed by atoms with van der Waals surface area (Å²) in [7, 11) is 0. The van der Waals surface area contributed by atoms with E-state index in [1.165, 1.54) is 0 Å². The van der Waals surface area contributed by atoms with Crippen LogP contribution in [-0.2, 0) is 0 Å². The maximum Gasteiger partial charge on any atom is 0.318 e. The van der Waals surface area contributed by atoms with Crippen LogP contribution in [0.15, 0.2) is 23.0 Å². The summed E-state index contributed by atoms with van der Waals surface area (Å²) >= 11 is 2.06. The molecule has 8 nitrogen and oxygen atoms in total. The average molecular weight is 408 g/mol. The van der Waals surface area contributed by atoms with Crippen molar-refractivity contribution in [1.82, 2.24) is 19.5 Å². The summed E-state index contributed by atoms with van der Waals surface area (Å²) in [4.78, 5) is 35.9. The van der Waals surface area contributed by atoms with E-state index in [0.29, 0.717) is 11.3 Å². The van der Waals surface area contributed by atoms with E-state index >= 15 is 0 Å². The lowest BCUT2D eigenvalue weighted by Crippen LogP contribution is -2.22. The molecule has 0 radical (unpaired) electrons. The molecule has 2 N–H and O–H groups in total. The van der Waals surface area contributed by atoms with Gasteiger partial charge in [0, 0.05) is 3.57 Å². The van der Waals surface area contributed by atoms with Crippen LogP contribution in [0.2, 0.25) is 0 Å². The maximum atomic E-state index is 12.6. The SMILES string of the molecule is O=C1c2cc(I)ccc2-n2c1nc1c(O)nc(O)nc1c2=O. The van der Waals surface area contributed by atoms with Crippen LogP contribution in [0.5, 0.6) is 11.9 Å². The normalized spacial score (nSPS) is 12.5. The highest BCUT2D eigenvalue weighted by Crippen LogP contribution is 2.29. The van der Waals surface area contributed by atoms with Crippen molar-refractivity contribution in [2.45, 2.75) is 0 Å². The van der Waals surface area contributed by atoms with Gasteiger partial charge < -0.3 is 10.2 Å². The number of aromatic hydroxyl groups is 2. The van der Waals surface area contributed by atoms with Crippen molar-refractivity contribution in [2.24, 2.45) is 0 Å². The fourth-order valence-corrected chi connectivity index (χ4v) is 2.91. The van der Waals surface area contributed by atoms with E-state index in [1.807, 2.05) is 0 Å². The van der Waals surface area contributed by atoms with Crippen LogP contribution in [0.3, 0.4) is 0 Å². The highest BCUT2D eigenvalue weighted by atomic mass is 127. The number of benzene rings is 1. The largest absolute Gasteiger partial charge is 0.492 e. The number of aromatic nitrogens is 4. The Bertz CT molecular complexity index is 1060. The van der Waals surface area contributed by atoms with Gasteiger partial charge in [-0.15, -0.1) is 0 Å². The van der Waals surface area contributed by atoms with Crippen molar-refractivity contribution in [3.05, 3.63) is 43.5 Å². The lowest BCUT2D eigenvalue weighted by atomic mass is 10.1. The zero-order chi connectivity index (χ0) is 15.6. The first-order valence-electron chi connectivity index (χ1n) is 6.04. The van der Waals surface area contributed by atoms with E-state index in [0.717, 1.165) is 8.14 Å². The van der Waals surface area contributed by atoms with Gasteiger partial charge in [-0.1, -0.05) is 0 Å². The summed E-state index contributed by atoms with van der Waals surface area (Å²) in [5.74, 6) is -1.18. The van der Waals surface area contributed by atoms with Gasteiger partial charge in [-0.25, -0.2) is 4.98 Å². The van der Waals surface area contributed by atoms with Crippen LogP contribution < -0.4 is 5.56 Å². The van der Waals surface area contributed by atoms with Crippen molar-refractivity contribution in [3.8, 4) is 17.6 Å². The predicted octanol–water partition coefficient (Wildman–Crippen LogP) is 0.736. The molecule has 0 spiro atoms. The second-order valence-corrected chi connectivity index (χ2v) is 5.86. The zero-order valence-electron chi connectivity index (χ0n) is 10.6. The number of halogens is 1. The first kappa shape index (κ1) is 13.1. The lowest BCUT2D eigenvalue weighted by Gasteiger charge is -2.05. The lowest BCUT2D eigenvalue weighted by molar-refractivity contribution is 0.103. The summed E-state index contributed by atoms with van der Waals surface area (Å²) in [6.07, 6.45) is 0. The Balaban J connectivity index is 2.20. The summed E-state index contributed by atoms with van der Waals surface area (Å²) in [5, 5.41) is 19.1. The predicted molar refractivity (Wildman–Crippen MR) is 82.4 cm³/mol. The summed E-state index contributed by atoms with van der Waals surface area (Å²) in [5.41, 5.74) is -0.375. The molecule has 0 atom stereocenters. The number of fused-ring (bicyclic) bond motifs is 4. The Kier molecular flexibility index (Phi) is 2.52. The molecule has 0 amide bonds. The van der Waals surface area contributed by atoms with Gasteiger partial charge in [0.1, 0.15) is 0 Å². The van der Waals surface area contributed by atoms with Crippen molar-refractivity contribution in [3.63, 3.8) is 0 Å². The molecular formula is C13H5IN4O4. The average Bonchev–Trinajstić information content (AvgIpc) is 2.74. The van der Waals surface area contributed by atoms with Crippen LogP contribution >= 0.6 is 22.6 Å². The molecule has 0 fully saturated rings. The van der Waals surface area contributed by atoms with Crippen molar-refractivity contribution < 1.29 is 15.0 Å². The minimum absolute atomic E-state index is 0.112. The number of hydrogen-bond acceptors (Lipinski definition) is 7. The molecule has 1 aromatic carbocycles. The van der Waals surface area contributed by atoms with Crippen LogP contribution in [0.25, 0.3) is 16.7 Å². The molecule has 108 valence electrons. The molecule has 0 unspecified atom stereocenters. The molecule has 3 aromatic rings. The second-order valence-electron chi connectivity index (χ2n) is 4.61. The van der Waals surface area contributed by atoms with Crippen LogP contribution in [0, 0.1) is 3.57 Å². The second kappa shape index (κ2) is 4.22. The maximum absolute atomic E-state index is 12.6. The molecule has 2 aromatic heterocycles. The fraction of sp³-hybridized carbons (Fsp3) is 0. The van der Waals surface area contributed by atoms with E-state index in [9.17, 15) is 19.8 Å². The van der Waals surface area contributed by atoms with Gasteiger partial charge in [0.15, 0.2) is 16.9 Å². The molecule has 0 aliphatic carbocycles. The molecule has 0 bridgehead atoms. The minimum Gasteiger partial charge on any atom is -0.492 e. The number of nitrogens with zero attached hydrogens (tertiary/aromatic N) is 4. The third kappa shape index (κ3) is 1.59. The number of carbonyl (C=O) groups is 1. The smallest absolute Gasteiger partial charge is 0.318 e. The number of ketones is 1. The third-order valence-corrected chi connectivity index (χ3v) is 4.01. The van der Waals surface area contributed by atoms with Gasteiger partial charge in [0.2, 0.25) is 11.7 Å². The topological polar surface area (TPSA) is 118 Å². The van der Waals surface area contributed by atoms with Gasteiger partial charge in [0.05, 0.1) is 11.3 Å². The molecule has 9 heteroatoms. The first-order valence-corrected chi connectivity index (χ1v) is 7.12. The Morgan fingerprint density at radius 2 is 1.82 bits per heavy atom. The molecule has 0 saturated carbocycles.